The number of aromatic carboxylic acids is 1. The number of nitrogens with zero attached hydrogens (tertiary/aromatic N) is 2. The highest BCUT2D eigenvalue weighted by molar-refractivity contribution is 5.95. The largest absolute Gasteiger partial charge is 0.478 e. The van der Waals surface area contributed by atoms with E-state index in [0.29, 0.717) is 5.69 Å². The van der Waals surface area contributed by atoms with Crippen molar-refractivity contribution >= 4 is 11.9 Å². The first-order valence-electron chi connectivity index (χ1n) is 5.44. The molecular weight excluding hydrogens is 250 g/mol. The van der Waals surface area contributed by atoms with Crippen LogP contribution in [-0.4, -0.2) is 27.0 Å². The van der Waals surface area contributed by atoms with Gasteiger partial charge in [-0.2, -0.15) is 0 Å². The van der Waals surface area contributed by atoms with Gasteiger partial charge in [-0.25, -0.2) is 4.79 Å². The number of aromatic nitrogens is 2. The fraction of sp³-hybridized carbons (Fsp3) is 0.167. The summed E-state index contributed by atoms with van der Waals surface area (Å²) >= 11 is 0. The molecule has 0 radical (unpaired) electrons. The fourth-order valence-electron chi connectivity index (χ4n) is 1.34. The second kappa shape index (κ2) is 5.30. The number of nitrogens with one attached hydrogen (secondary N) is 1. The predicted octanol–water partition coefficient (Wildman–Crippen LogP) is 1.01. The molecule has 0 saturated heterocycles. The summed E-state index contributed by atoms with van der Waals surface area (Å²) < 4.78 is 4.87. The van der Waals surface area contributed by atoms with Crippen molar-refractivity contribution in [3.05, 3.63) is 47.4 Å². The molecule has 2 aromatic rings. The number of hydrogen-bond donors (Lipinski definition) is 2. The van der Waals surface area contributed by atoms with E-state index in [1.165, 1.54) is 6.07 Å². The van der Waals surface area contributed by atoms with E-state index < -0.39 is 11.9 Å². The predicted molar refractivity (Wildman–Crippen MR) is 63.6 cm³/mol. The van der Waals surface area contributed by atoms with E-state index in [2.05, 4.69) is 15.3 Å². The van der Waals surface area contributed by atoms with Crippen molar-refractivity contribution in [1.29, 1.82) is 0 Å². The van der Waals surface area contributed by atoms with Crippen LogP contribution in [0.2, 0.25) is 0 Å². The van der Waals surface area contributed by atoms with Gasteiger partial charge in [0.05, 0.1) is 29.7 Å². The van der Waals surface area contributed by atoms with Gasteiger partial charge in [0.2, 0.25) is 0 Å². The summed E-state index contributed by atoms with van der Waals surface area (Å²) in [4.78, 5) is 30.4. The quantitative estimate of drug-likeness (QED) is 0.850. The summed E-state index contributed by atoms with van der Waals surface area (Å²) in [6, 6.07) is 1.17. The smallest absolute Gasteiger partial charge is 0.338 e. The van der Waals surface area contributed by atoms with Crippen molar-refractivity contribution in [2.24, 2.45) is 0 Å². The Labute approximate surface area is 108 Å². The minimum atomic E-state index is -1.15. The molecule has 0 spiro atoms. The number of amides is 1. The molecule has 0 bridgehead atoms. The van der Waals surface area contributed by atoms with Crippen LogP contribution in [0.3, 0.4) is 0 Å². The molecule has 0 aliphatic rings. The summed E-state index contributed by atoms with van der Waals surface area (Å²) in [6.07, 6.45) is 4.17. The summed E-state index contributed by atoms with van der Waals surface area (Å²) in [7, 11) is 0. The average Bonchev–Trinajstić information content (AvgIpc) is 2.87. The van der Waals surface area contributed by atoms with Crippen molar-refractivity contribution in [2.45, 2.75) is 13.5 Å². The first-order chi connectivity index (χ1) is 9.06. The monoisotopic (exact) mass is 261 g/mol. The van der Waals surface area contributed by atoms with E-state index in [1.807, 2.05) is 6.92 Å². The maximum Gasteiger partial charge on any atom is 0.338 e. The molecule has 0 unspecified atom stereocenters. The van der Waals surface area contributed by atoms with Gasteiger partial charge in [0, 0.05) is 12.3 Å². The lowest BCUT2D eigenvalue weighted by Crippen LogP contribution is -2.23. The van der Waals surface area contributed by atoms with Crippen molar-refractivity contribution in [3.63, 3.8) is 0 Å². The second-order valence-corrected chi connectivity index (χ2v) is 3.84. The number of carbonyl (C=O) groups excluding carboxylic acids is 1. The number of aryl methyl sites for hydroxylation is 1. The molecule has 0 aliphatic carbocycles. The Kier molecular flexibility index (Phi) is 3.56. The van der Waals surface area contributed by atoms with Crippen LogP contribution in [0.1, 0.15) is 32.3 Å². The fourth-order valence-corrected chi connectivity index (χ4v) is 1.34. The van der Waals surface area contributed by atoms with Gasteiger partial charge >= 0.3 is 5.97 Å². The van der Waals surface area contributed by atoms with Crippen LogP contribution in [0.5, 0.6) is 0 Å². The molecule has 7 heteroatoms. The highest BCUT2D eigenvalue weighted by Gasteiger charge is 2.14. The summed E-state index contributed by atoms with van der Waals surface area (Å²) in [6.45, 7) is 2.00. The van der Waals surface area contributed by atoms with E-state index in [4.69, 9.17) is 9.52 Å². The van der Waals surface area contributed by atoms with Gasteiger partial charge in [-0.05, 0) is 6.92 Å². The van der Waals surface area contributed by atoms with Gasteiger partial charge in [-0.1, -0.05) is 0 Å². The molecular formula is C12H11N3O4. The zero-order valence-corrected chi connectivity index (χ0v) is 10.1. The number of rotatable bonds is 4. The van der Waals surface area contributed by atoms with Crippen LogP contribution in [0.15, 0.2) is 29.1 Å². The van der Waals surface area contributed by atoms with Crippen molar-refractivity contribution in [2.75, 3.05) is 0 Å². The van der Waals surface area contributed by atoms with Crippen LogP contribution in [-0.2, 0) is 6.54 Å². The van der Waals surface area contributed by atoms with Gasteiger partial charge < -0.3 is 14.8 Å². The third kappa shape index (κ3) is 3.15. The van der Waals surface area contributed by atoms with E-state index >= 15 is 0 Å². The second-order valence-electron chi connectivity index (χ2n) is 3.84. The van der Waals surface area contributed by atoms with Gasteiger partial charge in [0.15, 0.2) is 5.76 Å². The maximum absolute atomic E-state index is 11.7. The lowest BCUT2D eigenvalue weighted by Gasteiger charge is -2.02. The van der Waals surface area contributed by atoms with Crippen LogP contribution >= 0.6 is 0 Å². The SMILES string of the molecule is Cc1cnc(CNC(=O)c2cc(C(=O)O)co2)cn1. The average molecular weight is 261 g/mol. The molecule has 2 N–H and O–H groups in total. The van der Waals surface area contributed by atoms with Gasteiger partial charge in [0.1, 0.15) is 6.26 Å². The normalized spacial score (nSPS) is 10.2. The molecule has 2 heterocycles. The van der Waals surface area contributed by atoms with Crippen LogP contribution in [0.4, 0.5) is 0 Å². The van der Waals surface area contributed by atoms with Crippen molar-refractivity contribution < 1.29 is 19.1 Å². The van der Waals surface area contributed by atoms with E-state index in [0.717, 1.165) is 12.0 Å². The first kappa shape index (κ1) is 12.7. The van der Waals surface area contributed by atoms with Crippen molar-refractivity contribution in [3.8, 4) is 0 Å². The summed E-state index contributed by atoms with van der Waals surface area (Å²) in [5.74, 6) is -1.71. The molecule has 0 saturated carbocycles. The molecule has 1 amide bonds. The Morgan fingerprint density at radius 2 is 2.16 bits per heavy atom. The summed E-state index contributed by atoms with van der Waals surface area (Å²) in [5, 5.41) is 11.3. The topological polar surface area (TPSA) is 105 Å². The Morgan fingerprint density at radius 3 is 2.74 bits per heavy atom. The van der Waals surface area contributed by atoms with Crippen molar-refractivity contribution in [1.82, 2.24) is 15.3 Å². The third-order valence-corrected chi connectivity index (χ3v) is 2.33. The molecule has 7 nitrogen and oxygen atoms in total. The highest BCUT2D eigenvalue weighted by Crippen LogP contribution is 2.07. The number of carboxylic acids is 1. The van der Waals surface area contributed by atoms with E-state index in [1.54, 1.807) is 12.4 Å². The van der Waals surface area contributed by atoms with Crippen LogP contribution < -0.4 is 5.32 Å². The molecule has 0 fully saturated rings. The highest BCUT2D eigenvalue weighted by atomic mass is 16.4. The van der Waals surface area contributed by atoms with Crippen LogP contribution in [0, 0.1) is 6.92 Å². The standard InChI is InChI=1S/C12H11N3O4/c1-7-3-14-9(4-13-7)5-15-11(16)10-2-8(6-19-10)12(17)18/h2-4,6H,5H2,1H3,(H,15,16)(H,17,18). The number of carbonyl (C=O) groups is 2. The Bertz CT molecular complexity index is 604. The molecule has 0 aromatic carbocycles. The van der Waals surface area contributed by atoms with Gasteiger partial charge in [-0.3, -0.25) is 14.8 Å². The molecule has 0 atom stereocenters. The molecule has 2 aromatic heterocycles. The van der Waals surface area contributed by atoms with Gasteiger partial charge in [-0.15, -0.1) is 0 Å². The molecule has 0 aliphatic heterocycles. The minimum Gasteiger partial charge on any atom is -0.478 e. The molecule has 19 heavy (non-hydrogen) atoms. The summed E-state index contributed by atoms with van der Waals surface area (Å²) in [5.41, 5.74) is 1.32. The lowest BCUT2D eigenvalue weighted by atomic mass is 10.3. The third-order valence-electron chi connectivity index (χ3n) is 2.33. The lowest BCUT2D eigenvalue weighted by molar-refractivity contribution is 0.0696. The first-order valence-corrected chi connectivity index (χ1v) is 5.44. The zero-order valence-electron chi connectivity index (χ0n) is 10.1. The van der Waals surface area contributed by atoms with E-state index in [-0.39, 0.29) is 17.9 Å². The number of furan rings is 1. The molecule has 98 valence electrons. The van der Waals surface area contributed by atoms with E-state index in [9.17, 15) is 9.59 Å². The number of carboxylic acid groups (broad SMARTS) is 1. The molecule has 2 rings (SSSR count). The Balaban J connectivity index is 1.97. The zero-order chi connectivity index (χ0) is 13.8. The Morgan fingerprint density at radius 1 is 1.37 bits per heavy atom. The van der Waals surface area contributed by atoms with Crippen LogP contribution in [0.25, 0.3) is 0 Å². The number of hydrogen-bond acceptors (Lipinski definition) is 5. The van der Waals surface area contributed by atoms with Gasteiger partial charge in [0.25, 0.3) is 5.91 Å². The maximum atomic E-state index is 11.7. The minimum absolute atomic E-state index is 0.0579. The Hall–Kier alpha value is -2.70.